The highest BCUT2D eigenvalue weighted by molar-refractivity contribution is 5.96. The Hall–Kier alpha value is -5.67. The summed E-state index contributed by atoms with van der Waals surface area (Å²) >= 11 is 0. The van der Waals surface area contributed by atoms with Crippen LogP contribution in [0.1, 0.15) is 97.6 Å². The molecule has 0 aliphatic carbocycles. The molecule has 2 heterocycles. The minimum absolute atomic E-state index is 0.0191. The van der Waals surface area contributed by atoms with Gasteiger partial charge in [-0.15, -0.1) is 10.1 Å². The van der Waals surface area contributed by atoms with Gasteiger partial charge in [0.05, 0.1) is 12.6 Å². The lowest BCUT2D eigenvalue weighted by Gasteiger charge is -2.40. The van der Waals surface area contributed by atoms with Gasteiger partial charge in [-0.1, -0.05) is 70.9 Å². The number of amides is 4. The Morgan fingerprint density at radius 1 is 0.930 bits per heavy atom. The average Bonchev–Trinajstić information content (AvgIpc) is 3.52. The second-order valence-corrected chi connectivity index (χ2v) is 15.8. The SMILES string of the molecule is CCCC[C@@H](NC(=O)C(Cc1cn(C(=O)OC)c2ccccc12)NC(=O)C(CC(C)(C)C)NC(=O)N1C(C)CCCC1C)C(=O)Oc1cccc(CO[N+](=O)[O-])c1. The number of rotatable bonds is 16. The predicted molar refractivity (Wildman–Crippen MR) is 212 cm³/mol. The molecule has 16 heteroatoms. The van der Waals surface area contributed by atoms with Gasteiger partial charge in [0.1, 0.15) is 30.5 Å². The fourth-order valence-electron chi connectivity index (χ4n) is 7.17. The number of unbranched alkanes of at least 4 members (excludes halogenated alkanes) is 1. The lowest BCUT2D eigenvalue weighted by Crippen LogP contribution is -2.60. The molecule has 0 spiro atoms. The number of urea groups is 1. The number of esters is 1. The first kappa shape index (κ1) is 44.0. The number of fused-ring (bicyclic) bond motifs is 1. The molecule has 2 aromatic carbocycles. The van der Waals surface area contributed by atoms with Gasteiger partial charge in [0, 0.05) is 30.1 Å². The molecule has 57 heavy (non-hydrogen) atoms. The lowest BCUT2D eigenvalue weighted by molar-refractivity contribution is -0.763. The summed E-state index contributed by atoms with van der Waals surface area (Å²) in [6, 6.07) is 9.29. The molecule has 16 nitrogen and oxygen atoms in total. The molecule has 1 saturated heterocycles. The largest absolute Gasteiger partial charge is 0.452 e. The van der Waals surface area contributed by atoms with Gasteiger partial charge in [-0.05, 0) is 80.7 Å². The third kappa shape index (κ3) is 12.4. The standard InChI is InChI=1S/C41H56N6O10/c1-8-9-19-32(38(50)57-30-17-13-16-28(21-30)25-56-47(53)54)42-36(48)33(22-29-24-45(40(52)55-7)35-20-11-10-18-31(29)35)43-37(49)34(23-41(4,5)6)44-39(51)46-26(2)14-12-15-27(46)3/h10-11,13,16-18,20-21,24,26-27,32-34H,8-9,12,14-15,19,22-23,25H2,1-7H3,(H,42,48)(H,43,49)(H,44,51)/t26?,27?,32-,33?,34?/m1/s1. The fraction of sp³-hybridized carbons (Fsp3) is 0.537. The molecule has 310 valence electrons. The minimum atomic E-state index is -1.28. The molecule has 4 rings (SSSR count). The van der Waals surface area contributed by atoms with Crippen LogP contribution in [0.15, 0.2) is 54.7 Å². The van der Waals surface area contributed by atoms with Crippen molar-refractivity contribution >= 4 is 40.8 Å². The summed E-state index contributed by atoms with van der Waals surface area (Å²) in [6.07, 6.45) is 5.22. The molecule has 0 saturated carbocycles. The van der Waals surface area contributed by atoms with Crippen LogP contribution in [0.4, 0.5) is 9.59 Å². The summed E-state index contributed by atoms with van der Waals surface area (Å²) in [5.74, 6) is -1.96. The smallest absolute Gasteiger partial charge is 0.418 e. The molecule has 3 N–H and O–H groups in total. The molecule has 0 bridgehead atoms. The summed E-state index contributed by atoms with van der Waals surface area (Å²) in [6.45, 7) is 11.4. The molecule has 4 unspecified atom stereocenters. The normalized spacial score (nSPS) is 17.1. The van der Waals surface area contributed by atoms with E-state index in [9.17, 15) is 34.1 Å². The zero-order chi connectivity index (χ0) is 41.9. The molecule has 1 fully saturated rings. The maximum Gasteiger partial charge on any atom is 0.418 e. The van der Waals surface area contributed by atoms with Gasteiger partial charge >= 0.3 is 18.1 Å². The quantitative estimate of drug-likeness (QED) is 0.0664. The fourth-order valence-corrected chi connectivity index (χ4v) is 7.17. The van der Waals surface area contributed by atoms with E-state index in [1.54, 1.807) is 47.5 Å². The van der Waals surface area contributed by atoms with E-state index in [0.717, 1.165) is 19.3 Å². The zero-order valence-electron chi connectivity index (χ0n) is 33.9. The maximum absolute atomic E-state index is 14.4. The number of carbonyl (C=O) groups is 5. The number of likely N-dealkylation sites (tertiary alicyclic amines) is 1. The molecular formula is C41H56N6O10. The number of benzene rings is 2. The molecule has 4 amide bonds. The third-order valence-electron chi connectivity index (χ3n) is 9.98. The van der Waals surface area contributed by atoms with Gasteiger partial charge in [0.15, 0.2) is 0 Å². The van der Waals surface area contributed by atoms with E-state index < -0.39 is 52.5 Å². The number of para-hydroxylation sites is 1. The van der Waals surface area contributed by atoms with Crippen molar-refractivity contribution in [1.82, 2.24) is 25.4 Å². The van der Waals surface area contributed by atoms with E-state index in [2.05, 4.69) is 20.8 Å². The zero-order valence-corrected chi connectivity index (χ0v) is 33.9. The molecule has 1 aliphatic rings. The summed E-state index contributed by atoms with van der Waals surface area (Å²) < 4.78 is 11.9. The topological polar surface area (TPSA) is 200 Å². The first-order chi connectivity index (χ1) is 27.0. The van der Waals surface area contributed by atoms with Crippen molar-refractivity contribution in [3.8, 4) is 5.75 Å². The molecule has 1 aliphatic heterocycles. The lowest BCUT2D eigenvalue weighted by atomic mass is 9.87. The number of aromatic nitrogens is 1. The summed E-state index contributed by atoms with van der Waals surface area (Å²) in [5.41, 5.74) is 1.07. The van der Waals surface area contributed by atoms with E-state index in [1.165, 1.54) is 23.8 Å². The van der Waals surface area contributed by atoms with E-state index in [1.807, 2.05) is 41.5 Å². The summed E-state index contributed by atoms with van der Waals surface area (Å²) in [4.78, 5) is 85.8. The Bertz CT molecular complexity index is 1900. The van der Waals surface area contributed by atoms with Gasteiger partial charge < -0.3 is 35.2 Å². The van der Waals surface area contributed by atoms with Crippen molar-refractivity contribution in [1.29, 1.82) is 0 Å². The number of hydrogen-bond acceptors (Lipinski definition) is 10. The van der Waals surface area contributed by atoms with Gasteiger partial charge in [-0.2, -0.15) is 0 Å². The van der Waals surface area contributed by atoms with Crippen LogP contribution in [0.5, 0.6) is 5.75 Å². The van der Waals surface area contributed by atoms with Gasteiger partial charge in [-0.25, -0.2) is 14.4 Å². The van der Waals surface area contributed by atoms with E-state index in [0.29, 0.717) is 34.9 Å². The van der Waals surface area contributed by atoms with Crippen LogP contribution in [-0.2, 0) is 37.0 Å². The van der Waals surface area contributed by atoms with Crippen LogP contribution in [0.3, 0.4) is 0 Å². The van der Waals surface area contributed by atoms with Crippen molar-refractivity contribution in [3.05, 3.63) is 76.0 Å². The number of piperidine rings is 1. The van der Waals surface area contributed by atoms with Gasteiger partial charge in [-0.3, -0.25) is 14.2 Å². The summed E-state index contributed by atoms with van der Waals surface area (Å²) in [7, 11) is 1.26. The van der Waals surface area contributed by atoms with Crippen LogP contribution >= 0.6 is 0 Å². The van der Waals surface area contributed by atoms with Crippen LogP contribution in [0.25, 0.3) is 10.9 Å². The Morgan fingerprint density at radius 2 is 1.60 bits per heavy atom. The maximum atomic E-state index is 14.4. The number of ether oxygens (including phenoxy) is 2. The molecule has 0 radical (unpaired) electrons. The van der Waals surface area contributed by atoms with Crippen LogP contribution in [0, 0.1) is 15.5 Å². The molecule has 1 aromatic heterocycles. The highest BCUT2D eigenvalue weighted by Crippen LogP contribution is 2.26. The number of carbonyl (C=O) groups excluding carboxylic acids is 5. The first-order valence-electron chi connectivity index (χ1n) is 19.5. The number of methoxy groups -OCH3 is 1. The highest BCUT2D eigenvalue weighted by atomic mass is 16.9. The highest BCUT2D eigenvalue weighted by Gasteiger charge is 2.36. The first-order valence-corrected chi connectivity index (χ1v) is 19.5. The van der Waals surface area contributed by atoms with Crippen molar-refractivity contribution in [2.75, 3.05) is 7.11 Å². The monoisotopic (exact) mass is 792 g/mol. The Morgan fingerprint density at radius 3 is 2.25 bits per heavy atom. The van der Waals surface area contributed by atoms with Crippen LogP contribution < -0.4 is 20.7 Å². The van der Waals surface area contributed by atoms with Crippen molar-refractivity contribution in [3.63, 3.8) is 0 Å². The van der Waals surface area contributed by atoms with Crippen LogP contribution in [-0.4, -0.2) is 81.8 Å². The number of nitrogens with zero attached hydrogens (tertiary/aromatic N) is 3. The Balaban J connectivity index is 1.67. The van der Waals surface area contributed by atoms with Gasteiger partial charge in [0.2, 0.25) is 11.8 Å². The van der Waals surface area contributed by atoms with E-state index in [-0.39, 0.29) is 49.7 Å². The Labute approximate surface area is 333 Å². The summed E-state index contributed by atoms with van der Waals surface area (Å²) in [5, 5.41) is 19.1. The third-order valence-corrected chi connectivity index (χ3v) is 9.98. The van der Waals surface area contributed by atoms with Crippen molar-refractivity contribution < 1.29 is 43.4 Å². The average molecular weight is 793 g/mol. The minimum Gasteiger partial charge on any atom is -0.452 e. The second kappa shape index (κ2) is 20.0. The number of hydrogen-bond donors (Lipinski definition) is 3. The Kier molecular flexibility index (Phi) is 15.4. The second-order valence-electron chi connectivity index (χ2n) is 15.8. The van der Waals surface area contributed by atoms with Crippen LogP contribution in [0.2, 0.25) is 0 Å². The van der Waals surface area contributed by atoms with Crippen molar-refractivity contribution in [2.24, 2.45) is 5.41 Å². The predicted octanol–water partition coefficient (Wildman–Crippen LogP) is 6.05. The molecule has 5 atom stereocenters. The molecular weight excluding hydrogens is 736 g/mol. The molecule has 3 aromatic rings. The van der Waals surface area contributed by atoms with Gasteiger partial charge in [0.25, 0.3) is 5.09 Å². The number of nitrogens with one attached hydrogen (secondary N) is 3. The van der Waals surface area contributed by atoms with E-state index >= 15 is 0 Å². The van der Waals surface area contributed by atoms with E-state index in [4.69, 9.17) is 9.47 Å². The van der Waals surface area contributed by atoms with Crippen molar-refractivity contribution in [2.45, 2.75) is 130 Å².